The maximum Gasteiger partial charge on any atom is 0.239 e. The monoisotopic (exact) mass is 299 g/mol. The van der Waals surface area contributed by atoms with Crippen molar-refractivity contribution in [3.05, 3.63) is 29.3 Å². The molecule has 1 rings (SSSR count). The first-order valence-electron chi connectivity index (χ1n) is 6.08. The smallest absolute Gasteiger partial charge is 0.239 e. The number of rotatable bonds is 7. The number of nitrogens with zero attached hydrogens (tertiary/aromatic N) is 1. The van der Waals surface area contributed by atoms with E-state index in [1.165, 1.54) is 4.90 Å². The van der Waals surface area contributed by atoms with Gasteiger partial charge in [0.15, 0.2) is 0 Å². The van der Waals surface area contributed by atoms with Gasteiger partial charge in [0, 0.05) is 7.05 Å². The van der Waals surface area contributed by atoms with E-state index in [9.17, 15) is 9.59 Å². The Morgan fingerprint density at radius 2 is 2.05 bits per heavy atom. The van der Waals surface area contributed by atoms with Crippen molar-refractivity contribution in [3.63, 3.8) is 0 Å². The van der Waals surface area contributed by atoms with Gasteiger partial charge < -0.3 is 21.1 Å². The van der Waals surface area contributed by atoms with Crippen molar-refractivity contribution in [3.8, 4) is 5.75 Å². The predicted molar refractivity (Wildman–Crippen MR) is 76.4 cm³/mol. The summed E-state index contributed by atoms with van der Waals surface area (Å²) in [6.45, 7) is 0.603. The van der Waals surface area contributed by atoms with Gasteiger partial charge in [-0.05, 0) is 12.1 Å². The van der Waals surface area contributed by atoms with Gasteiger partial charge in [-0.1, -0.05) is 23.7 Å². The van der Waals surface area contributed by atoms with Gasteiger partial charge in [-0.2, -0.15) is 0 Å². The van der Waals surface area contributed by atoms with Gasteiger partial charge in [0.2, 0.25) is 11.8 Å². The summed E-state index contributed by atoms with van der Waals surface area (Å²) in [6.07, 6.45) is -0.172. The highest BCUT2D eigenvalue weighted by atomic mass is 35.5. The Morgan fingerprint density at radius 3 is 2.65 bits per heavy atom. The van der Waals surface area contributed by atoms with E-state index < -0.39 is 11.9 Å². The van der Waals surface area contributed by atoms with Crippen molar-refractivity contribution in [1.82, 2.24) is 4.90 Å². The van der Waals surface area contributed by atoms with Crippen LogP contribution in [0.5, 0.6) is 5.75 Å². The van der Waals surface area contributed by atoms with Gasteiger partial charge in [-0.15, -0.1) is 0 Å². The minimum atomic E-state index is -0.919. The van der Waals surface area contributed by atoms with E-state index >= 15 is 0 Å². The minimum absolute atomic E-state index is 0.172. The number of para-hydroxylation sites is 1. The van der Waals surface area contributed by atoms with E-state index in [0.29, 0.717) is 17.3 Å². The first kappa shape index (κ1) is 16.3. The third-order valence-electron chi connectivity index (χ3n) is 2.64. The van der Waals surface area contributed by atoms with Crippen LogP contribution in [0.2, 0.25) is 5.02 Å². The van der Waals surface area contributed by atoms with Gasteiger partial charge >= 0.3 is 0 Å². The van der Waals surface area contributed by atoms with Crippen LogP contribution in [0.4, 0.5) is 0 Å². The lowest BCUT2D eigenvalue weighted by Gasteiger charge is -2.20. The van der Waals surface area contributed by atoms with Crippen LogP contribution in [0.15, 0.2) is 24.3 Å². The molecule has 0 fully saturated rings. The Balaban J connectivity index is 2.40. The summed E-state index contributed by atoms with van der Waals surface area (Å²) in [7, 11) is 1.58. The average molecular weight is 300 g/mol. The Morgan fingerprint density at radius 1 is 1.40 bits per heavy atom. The zero-order valence-corrected chi connectivity index (χ0v) is 12.0. The second-order valence-corrected chi connectivity index (χ2v) is 4.72. The third kappa shape index (κ3) is 5.07. The SMILES string of the molecule is CN(CCOc1ccccc1Cl)C(=O)C(N)CC(N)=O. The Kier molecular flexibility index (Phi) is 6.27. The van der Waals surface area contributed by atoms with Crippen molar-refractivity contribution in [2.24, 2.45) is 11.5 Å². The zero-order valence-electron chi connectivity index (χ0n) is 11.2. The molecule has 1 aromatic rings. The highest BCUT2D eigenvalue weighted by Crippen LogP contribution is 2.22. The van der Waals surface area contributed by atoms with Crippen LogP contribution in [-0.2, 0) is 9.59 Å². The molecule has 0 aliphatic heterocycles. The highest BCUT2D eigenvalue weighted by molar-refractivity contribution is 6.32. The molecule has 0 aliphatic carbocycles. The molecule has 20 heavy (non-hydrogen) atoms. The fraction of sp³-hybridized carbons (Fsp3) is 0.385. The molecule has 0 aromatic heterocycles. The molecule has 0 saturated carbocycles. The Labute approximate surface area is 122 Å². The number of benzene rings is 1. The number of nitrogens with two attached hydrogens (primary N) is 2. The van der Waals surface area contributed by atoms with Crippen molar-refractivity contribution in [2.75, 3.05) is 20.2 Å². The Hall–Kier alpha value is -1.79. The van der Waals surface area contributed by atoms with Gasteiger partial charge in [0.1, 0.15) is 12.4 Å². The molecule has 2 amide bonds. The van der Waals surface area contributed by atoms with E-state index in [-0.39, 0.29) is 18.9 Å². The second kappa shape index (κ2) is 7.72. The number of likely N-dealkylation sites (N-methyl/N-ethyl adjacent to an activating group) is 1. The largest absolute Gasteiger partial charge is 0.490 e. The molecule has 0 saturated heterocycles. The maximum absolute atomic E-state index is 11.8. The fourth-order valence-electron chi connectivity index (χ4n) is 1.55. The lowest BCUT2D eigenvalue weighted by atomic mass is 10.2. The molecule has 0 bridgehead atoms. The molecule has 1 aromatic carbocycles. The minimum Gasteiger partial charge on any atom is -0.490 e. The van der Waals surface area contributed by atoms with Crippen LogP contribution in [-0.4, -0.2) is 43.0 Å². The summed E-state index contributed by atoms with van der Waals surface area (Å²) in [5.74, 6) is -0.408. The molecule has 0 spiro atoms. The van der Waals surface area contributed by atoms with E-state index in [0.717, 1.165) is 0 Å². The summed E-state index contributed by atoms with van der Waals surface area (Å²) in [5.41, 5.74) is 10.6. The number of carbonyl (C=O) groups excluding carboxylic acids is 2. The molecule has 0 aliphatic rings. The molecular weight excluding hydrogens is 282 g/mol. The van der Waals surface area contributed by atoms with Gasteiger partial charge in [0.05, 0.1) is 24.0 Å². The van der Waals surface area contributed by atoms with Gasteiger partial charge in [-0.3, -0.25) is 9.59 Å². The average Bonchev–Trinajstić information content (AvgIpc) is 2.39. The number of carbonyl (C=O) groups is 2. The highest BCUT2D eigenvalue weighted by Gasteiger charge is 2.19. The molecule has 0 radical (unpaired) electrons. The number of hydrogen-bond acceptors (Lipinski definition) is 4. The van der Waals surface area contributed by atoms with E-state index in [1.807, 2.05) is 0 Å². The van der Waals surface area contributed by atoms with Gasteiger partial charge in [-0.25, -0.2) is 0 Å². The summed E-state index contributed by atoms with van der Waals surface area (Å²) >= 11 is 5.93. The molecule has 6 nitrogen and oxygen atoms in total. The quantitative estimate of drug-likeness (QED) is 0.760. The molecule has 7 heteroatoms. The van der Waals surface area contributed by atoms with Crippen LogP contribution < -0.4 is 16.2 Å². The van der Waals surface area contributed by atoms with Crippen LogP contribution in [0.25, 0.3) is 0 Å². The Bertz CT molecular complexity index is 482. The van der Waals surface area contributed by atoms with E-state index in [1.54, 1.807) is 31.3 Å². The fourth-order valence-corrected chi connectivity index (χ4v) is 1.74. The summed E-state index contributed by atoms with van der Waals surface area (Å²) in [5, 5.41) is 0.506. The van der Waals surface area contributed by atoms with Crippen LogP contribution in [0.3, 0.4) is 0 Å². The topological polar surface area (TPSA) is 98.7 Å². The number of primary amides is 1. The third-order valence-corrected chi connectivity index (χ3v) is 2.95. The number of ether oxygens (including phenoxy) is 1. The predicted octanol–water partition coefficient (Wildman–Crippen LogP) is 0.380. The summed E-state index contributed by atoms with van der Waals surface area (Å²) in [4.78, 5) is 23.9. The van der Waals surface area contributed by atoms with Crippen molar-refractivity contribution in [2.45, 2.75) is 12.5 Å². The first-order chi connectivity index (χ1) is 9.41. The summed E-state index contributed by atoms with van der Waals surface area (Å²) < 4.78 is 5.46. The lowest BCUT2D eigenvalue weighted by Crippen LogP contribution is -2.45. The maximum atomic E-state index is 11.8. The molecule has 4 N–H and O–H groups in total. The summed E-state index contributed by atoms with van der Waals surface area (Å²) in [6, 6.07) is 6.14. The van der Waals surface area contributed by atoms with E-state index in [4.69, 9.17) is 27.8 Å². The molecule has 0 heterocycles. The zero-order chi connectivity index (χ0) is 15.1. The molecule has 1 atom stereocenters. The number of hydrogen-bond donors (Lipinski definition) is 2. The number of amides is 2. The molecule has 110 valence electrons. The number of halogens is 1. The van der Waals surface area contributed by atoms with Crippen molar-refractivity contribution < 1.29 is 14.3 Å². The van der Waals surface area contributed by atoms with Gasteiger partial charge in [0.25, 0.3) is 0 Å². The normalized spacial score (nSPS) is 11.8. The molecule has 1 unspecified atom stereocenters. The first-order valence-corrected chi connectivity index (χ1v) is 6.45. The van der Waals surface area contributed by atoms with Crippen molar-refractivity contribution in [1.29, 1.82) is 0 Å². The van der Waals surface area contributed by atoms with Crippen LogP contribution in [0.1, 0.15) is 6.42 Å². The molecular formula is C13H18ClN3O3. The van der Waals surface area contributed by atoms with Crippen LogP contribution in [0, 0.1) is 0 Å². The second-order valence-electron chi connectivity index (χ2n) is 4.32. The standard InChI is InChI=1S/C13H18ClN3O3/c1-17(13(19)10(15)8-12(16)18)6-7-20-11-5-3-2-4-9(11)14/h2-5,10H,6-8,15H2,1H3,(H2,16,18). The van der Waals surface area contributed by atoms with E-state index in [2.05, 4.69) is 0 Å². The lowest BCUT2D eigenvalue weighted by molar-refractivity contribution is -0.133. The van der Waals surface area contributed by atoms with Crippen LogP contribution >= 0.6 is 11.6 Å². The van der Waals surface area contributed by atoms with Crippen molar-refractivity contribution >= 4 is 23.4 Å².